The van der Waals surface area contributed by atoms with Gasteiger partial charge in [0.15, 0.2) is 0 Å². The lowest BCUT2D eigenvalue weighted by atomic mass is 10.3. The number of amides is 1. The lowest BCUT2D eigenvalue weighted by Gasteiger charge is -1.99. The van der Waals surface area contributed by atoms with Gasteiger partial charge in [0.05, 0.1) is 5.01 Å². The molecule has 1 aliphatic carbocycles. The number of nitrogens with one attached hydrogen (secondary N) is 1. The van der Waals surface area contributed by atoms with Crippen molar-refractivity contribution in [2.24, 2.45) is 0 Å². The monoisotopic (exact) mass is 196 g/mol. The third-order valence-electron chi connectivity index (χ3n) is 2.03. The van der Waals surface area contributed by atoms with Gasteiger partial charge in [0.25, 0.3) is 5.91 Å². The number of aryl methyl sites for hydroxylation is 2. The third kappa shape index (κ3) is 1.88. The molecule has 1 amide bonds. The molecule has 1 heterocycles. The average molecular weight is 196 g/mol. The lowest BCUT2D eigenvalue weighted by molar-refractivity contribution is 0.0946. The summed E-state index contributed by atoms with van der Waals surface area (Å²) in [6.45, 7) is 3.86. The molecular weight excluding hydrogens is 184 g/mol. The maximum absolute atomic E-state index is 11.6. The highest BCUT2D eigenvalue weighted by Gasteiger charge is 2.25. The molecule has 0 spiro atoms. The van der Waals surface area contributed by atoms with E-state index >= 15 is 0 Å². The summed E-state index contributed by atoms with van der Waals surface area (Å²) in [4.78, 5) is 16.8. The van der Waals surface area contributed by atoms with Gasteiger partial charge in [0.2, 0.25) is 0 Å². The van der Waals surface area contributed by atoms with Crippen LogP contribution in [0.15, 0.2) is 0 Å². The van der Waals surface area contributed by atoms with Crippen molar-refractivity contribution in [2.45, 2.75) is 32.7 Å². The second-order valence-corrected chi connectivity index (χ2v) is 4.79. The highest BCUT2D eigenvalue weighted by atomic mass is 32.1. The molecule has 70 valence electrons. The minimum atomic E-state index is -0.00986. The minimum absolute atomic E-state index is 0.00986. The van der Waals surface area contributed by atoms with Crippen LogP contribution in [0.3, 0.4) is 0 Å². The van der Waals surface area contributed by atoms with Crippen molar-refractivity contribution in [3.05, 3.63) is 15.6 Å². The number of hydrogen-bond donors (Lipinski definition) is 1. The Labute approximate surface area is 81.2 Å². The first-order valence-corrected chi connectivity index (χ1v) is 5.23. The number of hydrogen-bond acceptors (Lipinski definition) is 3. The number of thiazole rings is 1. The highest BCUT2D eigenvalue weighted by Crippen LogP contribution is 2.21. The molecule has 0 aliphatic heterocycles. The zero-order valence-electron chi connectivity index (χ0n) is 7.76. The molecule has 1 saturated carbocycles. The van der Waals surface area contributed by atoms with Crippen molar-refractivity contribution in [2.75, 3.05) is 0 Å². The Balaban J connectivity index is 2.13. The molecule has 4 heteroatoms. The Kier molecular flexibility index (Phi) is 2.07. The summed E-state index contributed by atoms with van der Waals surface area (Å²) in [5.41, 5.74) is 0.606. The van der Waals surface area contributed by atoms with Gasteiger partial charge in [-0.3, -0.25) is 4.79 Å². The average Bonchev–Trinajstić information content (AvgIpc) is 2.77. The number of carbonyl (C=O) groups is 1. The molecule has 1 aromatic heterocycles. The van der Waals surface area contributed by atoms with Gasteiger partial charge in [0.1, 0.15) is 5.69 Å². The molecule has 1 N–H and O–H groups in total. The number of carbonyl (C=O) groups excluding carboxylic acids is 1. The summed E-state index contributed by atoms with van der Waals surface area (Å²) >= 11 is 1.57. The molecule has 3 nitrogen and oxygen atoms in total. The number of nitrogens with zero attached hydrogens (tertiary/aromatic N) is 1. The third-order valence-corrected chi connectivity index (χ3v) is 2.92. The van der Waals surface area contributed by atoms with Gasteiger partial charge in [-0.25, -0.2) is 4.98 Å². The van der Waals surface area contributed by atoms with Gasteiger partial charge in [0, 0.05) is 10.9 Å². The Morgan fingerprint density at radius 1 is 1.54 bits per heavy atom. The second-order valence-electron chi connectivity index (χ2n) is 3.39. The first kappa shape index (κ1) is 8.69. The van der Waals surface area contributed by atoms with Crippen molar-refractivity contribution in [3.63, 3.8) is 0 Å². The van der Waals surface area contributed by atoms with Crippen LogP contribution in [0.4, 0.5) is 0 Å². The van der Waals surface area contributed by atoms with E-state index in [4.69, 9.17) is 0 Å². The molecule has 0 bridgehead atoms. The minimum Gasteiger partial charge on any atom is -0.348 e. The fraction of sp³-hybridized carbons (Fsp3) is 0.556. The van der Waals surface area contributed by atoms with Gasteiger partial charge >= 0.3 is 0 Å². The summed E-state index contributed by atoms with van der Waals surface area (Å²) in [6.07, 6.45) is 2.24. The zero-order chi connectivity index (χ0) is 9.42. The molecule has 1 aromatic rings. The maximum Gasteiger partial charge on any atom is 0.271 e. The normalized spacial score (nSPS) is 15.8. The summed E-state index contributed by atoms with van der Waals surface area (Å²) in [7, 11) is 0. The largest absolute Gasteiger partial charge is 0.348 e. The van der Waals surface area contributed by atoms with Gasteiger partial charge < -0.3 is 5.32 Å². The van der Waals surface area contributed by atoms with Gasteiger partial charge in [-0.15, -0.1) is 11.3 Å². The Morgan fingerprint density at radius 2 is 2.23 bits per heavy atom. The van der Waals surface area contributed by atoms with Crippen molar-refractivity contribution in [1.82, 2.24) is 10.3 Å². The number of rotatable bonds is 2. The summed E-state index contributed by atoms with van der Waals surface area (Å²) in [6, 6.07) is 0.411. The summed E-state index contributed by atoms with van der Waals surface area (Å²) in [5.74, 6) is -0.00986. The molecule has 0 radical (unpaired) electrons. The fourth-order valence-electron chi connectivity index (χ4n) is 1.22. The van der Waals surface area contributed by atoms with Crippen LogP contribution < -0.4 is 5.32 Å². The molecule has 2 rings (SSSR count). The van der Waals surface area contributed by atoms with E-state index in [2.05, 4.69) is 10.3 Å². The molecule has 1 fully saturated rings. The first-order valence-electron chi connectivity index (χ1n) is 4.41. The van der Waals surface area contributed by atoms with Crippen LogP contribution in [0.5, 0.6) is 0 Å². The maximum atomic E-state index is 11.6. The highest BCUT2D eigenvalue weighted by molar-refractivity contribution is 7.11. The molecule has 0 unspecified atom stereocenters. The van der Waals surface area contributed by atoms with E-state index in [1.54, 1.807) is 11.3 Å². The van der Waals surface area contributed by atoms with Crippen molar-refractivity contribution in [1.29, 1.82) is 0 Å². The van der Waals surface area contributed by atoms with Crippen LogP contribution in [0, 0.1) is 13.8 Å². The fourth-order valence-corrected chi connectivity index (χ4v) is 2.04. The molecule has 1 aliphatic rings. The van der Waals surface area contributed by atoms with E-state index in [0.29, 0.717) is 11.7 Å². The van der Waals surface area contributed by atoms with Crippen LogP contribution in [-0.2, 0) is 0 Å². The van der Waals surface area contributed by atoms with E-state index in [1.807, 2.05) is 13.8 Å². The van der Waals surface area contributed by atoms with Crippen LogP contribution in [0.2, 0.25) is 0 Å². The van der Waals surface area contributed by atoms with Gasteiger partial charge in [-0.1, -0.05) is 0 Å². The molecule has 13 heavy (non-hydrogen) atoms. The van der Waals surface area contributed by atoms with Crippen molar-refractivity contribution in [3.8, 4) is 0 Å². The van der Waals surface area contributed by atoms with E-state index < -0.39 is 0 Å². The van der Waals surface area contributed by atoms with Crippen LogP contribution >= 0.6 is 11.3 Å². The lowest BCUT2D eigenvalue weighted by Crippen LogP contribution is -2.26. The number of aromatic nitrogens is 1. The SMILES string of the molecule is Cc1nc(C(=O)NC2CC2)c(C)s1. The smallest absolute Gasteiger partial charge is 0.271 e. The van der Waals surface area contributed by atoms with Gasteiger partial charge in [-0.05, 0) is 26.7 Å². The second kappa shape index (κ2) is 3.10. The Bertz CT molecular complexity index is 341. The molecule has 0 saturated heterocycles. The predicted molar refractivity (Wildman–Crippen MR) is 52.1 cm³/mol. The Morgan fingerprint density at radius 3 is 2.69 bits per heavy atom. The van der Waals surface area contributed by atoms with Gasteiger partial charge in [-0.2, -0.15) is 0 Å². The van der Waals surface area contributed by atoms with E-state index in [0.717, 1.165) is 22.7 Å². The van der Waals surface area contributed by atoms with E-state index in [-0.39, 0.29) is 5.91 Å². The van der Waals surface area contributed by atoms with Crippen LogP contribution in [-0.4, -0.2) is 16.9 Å². The van der Waals surface area contributed by atoms with Crippen LogP contribution in [0.25, 0.3) is 0 Å². The van der Waals surface area contributed by atoms with Crippen LogP contribution in [0.1, 0.15) is 33.2 Å². The standard InChI is InChI=1S/C9H12N2OS/c1-5-8(10-6(2)13-5)9(12)11-7-3-4-7/h7H,3-4H2,1-2H3,(H,11,12). The molecular formula is C9H12N2OS. The quantitative estimate of drug-likeness (QED) is 0.781. The topological polar surface area (TPSA) is 42.0 Å². The van der Waals surface area contributed by atoms with Crippen molar-refractivity contribution >= 4 is 17.2 Å². The first-order chi connectivity index (χ1) is 6.16. The summed E-state index contributed by atoms with van der Waals surface area (Å²) < 4.78 is 0. The molecule has 0 aromatic carbocycles. The van der Waals surface area contributed by atoms with E-state index in [1.165, 1.54) is 0 Å². The van der Waals surface area contributed by atoms with Crippen molar-refractivity contribution < 1.29 is 4.79 Å². The predicted octanol–water partition coefficient (Wildman–Crippen LogP) is 1.65. The Hall–Kier alpha value is -0.900. The zero-order valence-corrected chi connectivity index (χ0v) is 8.57. The molecule has 0 atom stereocenters. The van der Waals surface area contributed by atoms with E-state index in [9.17, 15) is 4.79 Å². The summed E-state index contributed by atoms with van der Waals surface area (Å²) in [5, 5.41) is 3.89.